The molecule has 0 spiro atoms. The minimum absolute atomic E-state index is 0.493. The molecule has 3 heterocycles. The molecule has 2 fully saturated rings. The van der Waals surface area contributed by atoms with Gasteiger partial charge in [0.15, 0.2) is 5.96 Å². The average Bonchev–Trinajstić information content (AvgIpc) is 2.82. The van der Waals surface area contributed by atoms with Crippen molar-refractivity contribution in [3.63, 3.8) is 0 Å². The Bertz CT molecular complexity index is 642. The van der Waals surface area contributed by atoms with Gasteiger partial charge in [0, 0.05) is 77.8 Å². The number of guanidine groups is 1. The van der Waals surface area contributed by atoms with E-state index < -0.39 is 0 Å². The maximum atomic E-state index is 5.51. The Hall–Kier alpha value is -1.97. The molecule has 9 heteroatoms. The smallest absolute Gasteiger partial charge is 0.225 e. The molecule has 1 unspecified atom stereocenters. The Kier molecular flexibility index (Phi) is 9.77. The van der Waals surface area contributed by atoms with E-state index >= 15 is 0 Å². The van der Waals surface area contributed by atoms with Crippen LogP contribution < -0.4 is 15.5 Å². The molecule has 9 nitrogen and oxygen atoms in total. The topological polar surface area (TPSA) is 81.2 Å². The molecule has 2 aliphatic heterocycles. The van der Waals surface area contributed by atoms with E-state index in [4.69, 9.17) is 4.74 Å². The van der Waals surface area contributed by atoms with Crippen LogP contribution in [0.25, 0.3) is 0 Å². The van der Waals surface area contributed by atoms with E-state index in [9.17, 15) is 0 Å². The van der Waals surface area contributed by atoms with E-state index in [1.165, 1.54) is 0 Å². The average molecular weight is 433 g/mol. The second kappa shape index (κ2) is 12.8. The number of aliphatic imine (C=N–C) groups is 1. The van der Waals surface area contributed by atoms with Gasteiger partial charge in [0.2, 0.25) is 5.95 Å². The van der Waals surface area contributed by atoms with Crippen LogP contribution >= 0.6 is 0 Å². The third-order valence-electron chi connectivity index (χ3n) is 6.14. The quantitative estimate of drug-likeness (QED) is 0.332. The molecule has 2 saturated heterocycles. The molecular weight excluding hydrogens is 392 g/mol. The zero-order valence-electron chi connectivity index (χ0n) is 19.5. The first-order valence-electron chi connectivity index (χ1n) is 11.7. The first kappa shape index (κ1) is 23.7. The first-order chi connectivity index (χ1) is 15.2. The lowest BCUT2D eigenvalue weighted by Gasteiger charge is -2.37. The number of hydrogen-bond acceptors (Lipinski definition) is 7. The molecule has 31 heavy (non-hydrogen) atoms. The normalized spacial score (nSPS) is 20.1. The zero-order valence-corrected chi connectivity index (χ0v) is 19.5. The van der Waals surface area contributed by atoms with E-state index in [0.717, 1.165) is 90.4 Å². The van der Waals surface area contributed by atoms with E-state index in [0.29, 0.717) is 12.0 Å². The lowest BCUT2D eigenvalue weighted by Crippen LogP contribution is -2.52. The van der Waals surface area contributed by atoms with Crippen LogP contribution in [-0.4, -0.2) is 111 Å². The van der Waals surface area contributed by atoms with Crippen molar-refractivity contribution >= 4 is 11.9 Å². The molecule has 0 aliphatic carbocycles. The van der Waals surface area contributed by atoms with Crippen LogP contribution in [0.4, 0.5) is 5.95 Å². The standard InChI is InChI=1S/C22H40N8O/c1-19(2)20(29-14-16-31-17-15-29)18-27-21(23-3)24-8-5-9-28-10-12-30(13-11-28)22-25-6-4-7-26-22/h4,6-7,19-20H,5,8-18H2,1-3H3,(H2,23,24,27). The van der Waals surface area contributed by atoms with Crippen molar-refractivity contribution in [2.24, 2.45) is 10.9 Å². The predicted molar refractivity (Wildman–Crippen MR) is 126 cm³/mol. The Morgan fingerprint density at radius 2 is 1.77 bits per heavy atom. The van der Waals surface area contributed by atoms with Crippen molar-refractivity contribution in [1.82, 2.24) is 30.4 Å². The van der Waals surface area contributed by atoms with Gasteiger partial charge in [-0.2, -0.15) is 0 Å². The fraction of sp³-hybridized carbons (Fsp3) is 0.773. The lowest BCUT2D eigenvalue weighted by molar-refractivity contribution is 0.00752. The van der Waals surface area contributed by atoms with Crippen LogP contribution in [-0.2, 0) is 4.74 Å². The molecule has 3 rings (SSSR count). The lowest BCUT2D eigenvalue weighted by atomic mass is 10.0. The van der Waals surface area contributed by atoms with E-state index in [-0.39, 0.29) is 0 Å². The molecule has 0 saturated carbocycles. The Morgan fingerprint density at radius 1 is 1.06 bits per heavy atom. The minimum atomic E-state index is 0.493. The number of hydrogen-bond donors (Lipinski definition) is 2. The van der Waals surface area contributed by atoms with Crippen LogP contribution in [0.2, 0.25) is 0 Å². The monoisotopic (exact) mass is 432 g/mol. The molecule has 0 aromatic carbocycles. The van der Waals surface area contributed by atoms with Gasteiger partial charge >= 0.3 is 0 Å². The number of nitrogens with one attached hydrogen (secondary N) is 2. The van der Waals surface area contributed by atoms with Crippen molar-refractivity contribution in [3.8, 4) is 0 Å². The highest BCUT2D eigenvalue weighted by Crippen LogP contribution is 2.12. The molecule has 2 N–H and O–H groups in total. The maximum Gasteiger partial charge on any atom is 0.225 e. The fourth-order valence-corrected chi connectivity index (χ4v) is 4.25. The van der Waals surface area contributed by atoms with Gasteiger partial charge in [0.1, 0.15) is 0 Å². The van der Waals surface area contributed by atoms with Gasteiger partial charge in [-0.05, 0) is 24.9 Å². The van der Waals surface area contributed by atoms with E-state index in [1.807, 2.05) is 25.5 Å². The van der Waals surface area contributed by atoms with Crippen LogP contribution in [0.15, 0.2) is 23.5 Å². The third-order valence-corrected chi connectivity index (χ3v) is 6.14. The predicted octanol–water partition coefficient (Wildman–Crippen LogP) is 0.511. The van der Waals surface area contributed by atoms with Crippen LogP contribution in [0.5, 0.6) is 0 Å². The van der Waals surface area contributed by atoms with Gasteiger partial charge in [-0.15, -0.1) is 0 Å². The molecule has 1 aromatic heterocycles. The third kappa shape index (κ3) is 7.59. The number of rotatable bonds is 9. The second-order valence-electron chi connectivity index (χ2n) is 8.57. The summed E-state index contributed by atoms with van der Waals surface area (Å²) in [7, 11) is 1.85. The van der Waals surface area contributed by atoms with E-state index in [1.54, 1.807) is 0 Å². The maximum absolute atomic E-state index is 5.51. The molecule has 174 valence electrons. The molecule has 1 atom stereocenters. The van der Waals surface area contributed by atoms with Crippen molar-refractivity contribution in [1.29, 1.82) is 0 Å². The minimum Gasteiger partial charge on any atom is -0.379 e. The summed E-state index contributed by atoms with van der Waals surface area (Å²) in [4.78, 5) is 20.4. The van der Waals surface area contributed by atoms with Crippen LogP contribution in [0.1, 0.15) is 20.3 Å². The van der Waals surface area contributed by atoms with Crippen molar-refractivity contribution in [3.05, 3.63) is 18.5 Å². The molecule has 0 radical (unpaired) electrons. The largest absolute Gasteiger partial charge is 0.379 e. The summed E-state index contributed by atoms with van der Waals surface area (Å²) in [6.45, 7) is 15.3. The Balaban J connectivity index is 1.31. The second-order valence-corrected chi connectivity index (χ2v) is 8.57. The van der Waals surface area contributed by atoms with E-state index in [2.05, 4.69) is 54.1 Å². The van der Waals surface area contributed by atoms with Crippen LogP contribution in [0, 0.1) is 5.92 Å². The Morgan fingerprint density at radius 3 is 2.42 bits per heavy atom. The summed E-state index contributed by atoms with van der Waals surface area (Å²) in [5, 5.41) is 7.01. The molecular formula is C22H40N8O. The molecule has 0 amide bonds. The highest BCUT2D eigenvalue weighted by molar-refractivity contribution is 5.79. The summed E-state index contributed by atoms with van der Waals surface area (Å²) in [5.74, 6) is 2.32. The van der Waals surface area contributed by atoms with Gasteiger partial charge in [0.05, 0.1) is 13.2 Å². The number of aromatic nitrogens is 2. The first-order valence-corrected chi connectivity index (χ1v) is 11.7. The summed E-state index contributed by atoms with van der Waals surface area (Å²) < 4.78 is 5.51. The summed E-state index contributed by atoms with van der Waals surface area (Å²) >= 11 is 0. The van der Waals surface area contributed by atoms with Gasteiger partial charge in [-0.3, -0.25) is 14.8 Å². The fourth-order valence-electron chi connectivity index (χ4n) is 4.25. The van der Waals surface area contributed by atoms with Gasteiger partial charge in [-0.25, -0.2) is 9.97 Å². The summed E-state index contributed by atoms with van der Waals surface area (Å²) in [6.07, 6.45) is 4.72. The highest BCUT2D eigenvalue weighted by Gasteiger charge is 2.24. The zero-order chi connectivity index (χ0) is 21.9. The number of morpholine rings is 1. The van der Waals surface area contributed by atoms with Crippen molar-refractivity contribution < 1.29 is 4.74 Å². The van der Waals surface area contributed by atoms with Crippen molar-refractivity contribution in [2.45, 2.75) is 26.3 Å². The van der Waals surface area contributed by atoms with Crippen molar-refractivity contribution in [2.75, 3.05) is 84.1 Å². The molecule has 0 bridgehead atoms. The van der Waals surface area contributed by atoms with Gasteiger partial charge in [0.25, 0.3) is 0 Å². The summed E-state index contributed by atoms with van der Waals surface area (Å²) in [6, 6.07) is 2.36. The van der Waals surface area contributed by atoms with Gasteiger partial charge < -0.3 is 20.3 Å². The Labute approximate surface area is 187 Å². The molecule has 1 aromatic rings. The summed E-state index contributed by atoms with van der Waals surface area (Å²) in [5.41, 5.74) is 0. The van der Waals surface area contributed by atoms with Gasteiger partial charge in [-0.1, -0.05) is 13.8 Å². The highest BCUT2D eigenvalue weighted by atomic mass is 16.5. The molecule has 2 aliphatic rings. The number of piperazine rings is 1. The number of ether oxygens (including phenoxy) is 1. The number of nitrogens with zero attached hydrogens (tertiary/aromatic N) is 6. The number of anilines is 1. The van der Waals surface area contributed by atoms with Crippen LogP contribution in [0.3, 0.4) is 0 Å². The SMILES string of the molecule is CN=C(NCCCN1CCN(c2ncccn2)CC1)NCC(C(C)C)N1CCOCC1.